The Bertz CT molecular complexity index is 522. The number of hydrogen-bond acceptors (Lipinski definition) is 5. The molecular formula is C11H10N2OS2. The minimum Gasteiger partial charge on any atom is -0.298 e. The van der Waals surface area contributed by atoms with Crippen LogP contribution in [0.4, 0.5) is 0 Å². The van der Waals surface area contributed by atoms with Crippen LogP contribution < -0.4 is 0 Å². The molecule has 0 spiro atoms. The summed E-state index contributed by atoms with van der Waals surface area (Å²) in [5.41, 5.74) is 1.72. The van der Waals surface area contributed by atoms with E-state index in [9.17, 15) is 4.79 Å². The van der Waals surface area contributed by atoms with Gasteiger partial charge in [-0.2, -0.15) is 0 Å². The van der Waals surface area contributed by atoms with Crippen molar-refractivity contribution in [3.63, 3.8) is 0 Å². The van der Waals surface area contributed by atoms with Gasteiger partial charge in [-0.15, -0.1) is 10.2 Å². The average molecular weight is 250 g/mol. The summed E-state index contributed by atoms with van der Waals surface area (Å²) in [4.78, 5) is 11.8. The molecule has 0 N–H and O–H groups in total. The Kier molecular flexibility index (Phi) is 3.36. The second kappa shape index (κ2) is 4.76. The van der Waals surface area contributed by atoms with Gasteiger partial charge in [0, 0.05) is 10.5 Å². The van der Waals surface area contributed by atoms with Gasteiger partial charge >= 0.3 is 0 Å². The van der Waals surface area contributed by atoms with Crippen LogP contribution in [-0.2, 0) is 0 Å². The van der Waals surface area contributed by atoms with Gasteiger partial charge in [-0.05, 0) is 31.5 Å². The van der Waals surface area contributed by atoms with Crippen LogP contribution >= 0.6 is 23.1 Å². The third-order valence-electron chi connectivity index (χ3n) is 2.08. The Morgan fingerprint density at radius 1 is 1.31 bits per heavy atom. The van der Waals surface area contributed by atoms with Crippen molar-refractivity contribution < 1.29 is 4.79 Å². The molecule has 0 bridgehead atoms. The van der Waals surface area contributed by atoms with Gasteiger partial charge in [-0.25, -0.2) is 0 Å². The predicted octanol–water partition coefficient (Wildman–Crippen LogP) is 3.12. The van der Waals surface area contributed by atoms with Gasteiger partial charge in [0.2, 0.25) is 0 Å². The van der Waals surface area contributed by atoms with E-state index in [1.54, 1.807) is 23.1 Å². The van der Waals surface area contributed by atoms with Gasteiger partial charge in [-0.3, -0.25) is 4.79 Å². The fourth-order valence-corrected chi connectivity index (χ4v) is 3.15. The number of carbonyl (C=O) groups excluding carboxylic acids is 1. The van der Waals surface area contributed by atoms with E-state index in [1.165, 1.54) is 0 Å². The number of carbonyl (C=O) groups is 1. The Hall–Kier alpha value is -1.20. The first-order valence-electron chi connectivity index (χ1n) is 4.73. The lowest BCUT2D eigenvalue weighted by atomic mass is 10.1. The van der Waals surface area contributed by atoms with E-state index in [0.29, 0.717) is 0 Å². The van der Waals surface area contributed by atoms with Crippen LogP contribution in [0.15, 0.2) is 27.4 Å². The number of nitrogens with zero attached hydrogens (tertiary/aromatic N) is 2. The van der Waals surface area contributed by atoms with Crippen LogP contribution in [0, 0.1) is 13.8 Å². The summed E-state index contributed by atoms with van der Waals surface area (Å²) in [5, 5.41) is 8.97. The molecule has 0 aliphatic carbocycles. The van der Waals surface area contributed by atoms with E-state index >= 15 is 0 Å². The van der Waals surface area contributed by atoms with E-state index in [-0.39, 0.29) is 0 Å². The zero-order chi connectivity index (χ0) is 11.5. The fraction of sp³-hybridized carbons (Fsp3) is 0.182. The number of rotatable bonds is 3. The van der Waals surface area contributed by atoms with Gasteiger partial charge < -0.3 is 0 Å². The maximum Gasteiger partial charge on any atom is 0.179 e. The Balaban J connectivity index is 2.22. The maximum atomic E-state index is 10.7. The van der Waals surface area contributed by atoms with Crippen molar-refractivity contribution in [3.8, 4) is 0 Å². The minimum atomic E-state index is 0.734. The molecule has 2 rings (SSSR count). The highest BCUT2D eigenvalue weighted by molar-refractivity contribution is 8.01. The summed E-state index contributed by atoms with van der Waals surface area (Å²) in [7, 11) is 0. The molecule has 0 aliphatic rings. The molecule has 2 aromatic rings. The molecule has 82 valence electrons. The zero-order valence-electron chi connectivity index (χ0n) is 8.93. The number of aromatic nitrogens is 2. The lowest BCUT2D eigenvalue weighted by Crippen LogP contribution is -1.85. The molecule has 0 saturated carbocycles. The number of aryl methyl sites for hydroxylation is 2. The summed E-state index contributed by atoms with van der Waals surface area (Å²) in [5.74, 6) is 0. The highest BCUT2D eigenvalue weighted by Crippen LogP contribution is 2.30. The number of benzene rings is 1. The summed E-state index contributed by atoms with van der Waals surface area (Å²) in [6.07, 6.45) is 0.874. The lowest BCUT2D eigenvalue weighted by Gasteiger charge is -2.01. The molecule has 5 heteroatoms. The van der Waals surface area contributed by atoms with Crippen molar-refractivity contribution in [1.29, 1.82) is 0 Å². The molecule has 0 saturated heterocycles. The van der Waals surface area contributed by atoms with Crippen molar-refractivity contribution in [1.82, 2.24) is 10.2 Å². The molecule has 1 heterocycles. The maximum absolute atomic E-state index is 10.7. The monoisotopic (exact) mass is 250 g/mol. The van der Waals surface area contributed by atoms with E-state index in [0.717, 1.165) is 31.7 Å². The van der Waals surface area contributed by atoms with Gasteiger partial charge in [-0.1, -0.05) is 29.2 Å². The van der Waals surface area contributed by atoms with Crippen LogP contribution in [-0.4, -0.2) is 16.5 Å². The molecule has 0 amide bonds. The summed E-state index contributed by atoms with van der Waals surface area (Å²) >= 11 is 3.14. The lowest BCUT2D eigenvalue weighted by molar-refractivity contribution is 0.112. The van der Waals surface area contributed by atoms with Crippen LogP contribution in [0.1, 0.15) is 20.9 Å². The third kappa shape index (κ3) is 2.48. The van der Waals surface area contributed by atoms with Gasteiger partial charge in [0.05, 0.1) is 0 Å². The van der Waals surface area contributed by atoms with E-state index < -0.39 is 0 Å². The van der Waals surface area contributed by atoms with E-state index in [1.807, 2.05) is 32.0 Å². The zero-order valence-corrected chi connectivity index (χ0v) is 10.6. The summed E-state index contributed by atoms with van der Waals surface area (Å²) < 4.78 is 0.927. The van der Waals surface area contributed by atoms with Gasteiger partial charge in [0.1, 0.15) is 11.3 Å². The van der Waals surface area contributed by atoms with E-state index in [4.69, 9.17) is 0 Å². The first-order chi connectivity index (χ1) is 7.69. The smallest absolute Gasteiger partial charge is 0.179 e. The summed E-state index contributed by atoms with van der Waals surface area (Å²) in [6.45, 7) is 3.86. The second-order valence-electron chi connectivity index (χ2n) is 3.33. The highest BCUT2D eigenvalue weighted by Gasteiger charge is 2.04. The SMILES string of the molecule is Cc1nnc(Sc2ccc(C=O)c(C)c2)s1. The van der Waals surface area contributed by atoms with Crippen LogP contribution in [0.25, 0.3) is 0 Å². The molecule has 0 fully saturated rings. The van der Waals surface area contributed by atoms with Gasteiger partial charge in [0.15, 0.2) is 4.34 Å². The number of hydrogen-bond donors (Lipinski definition) is 0. The molecule has 1 aromatic heterocycles. The molecule has 1 aromatic carbocycles. The Labute approximate surface area is 102 Å². The predicted molar refractivity (Wildman–Crippen MR) is 65.3 cm³/mol. The molecule has 16 heavy (non-hydrogen) atoms. The van der Waals surface area contributed by atoms with Gasteiger partial charge in [0.25, 0.3) is 0 Å². The van der Waals surface area contributed by atoms with Crippen molar-refractivity contribution in [2.75, 3.05) is 0 Å². The standard InChI is InChI=1S/C11H10N2OS2/c1-7-5-10(4-3-9(7)6-14)16-11-13-12-8(2)15-11/h3-6H,1-2H3. The highest BCUT2D eigenvalue weighted by atomic mass is 32.2. The molecule has 0 aliphatic heterocycles. The molecule has 0 unspecified atom stereocenters. The minimum absolute atomic E-state index is 0.734. The van der Waals surface area contributed by atoms with Crippen LogP contribution in [0.3, 0.4) is 0 Å². The molecular weight excluding hydrogens is 240 g/mol. The topological polar surface area (TPSA) is 42.9 Å². The third-order valence-corrected chi connectivity index (χ3v) is 3.96. The average Bonchev–Trinajstić information content (AvgIpc) is 2.64. The first-order valence-corrected chi connectivity index (χ1v) is 6.36. The molecule has 0 atom stereocenters. The quantitative estimate of drug-likeness (QED) is 0.785. The Morgan fingerprint density at radius 3 is 2.69 bits per heavy atom. The van der Waals surface area contributed by atoms with Crippen molar-refractivity contribution in [2.45, 2.75) is 23.1 Å². The molecule has 0 radical (unpaired) electrons. The van der Waals surface area contributed by atoms with Crippen LogP contribution in [0.2, 0.25) is 0 Å². The number of aldehydes is 1. The molecule has 3 nitrogen and oxygen atoms in total. The fourth-order valence-electron chi connectivity index (χ4n) is 1.26. The normalized spacial score (nSPS) is 10.4. The van der Waals surface area contributed by atoms with E-state index in [2.05, 4.69) is 10.2 Å². The largest absolute Gasteiger partial charge is 0.298 e. The first kappa shape index (κ1) is 11.3. The van der Waals surface area contributed by atoms with Crippen molar-refractivity contribution >= 4 is 29.4 Å². The Morgan fingerprint density at radius 2 is 2.12 bits per heavy atom. The van der Waals surface area contributed by atoms with Crippen LogP contribution in [0.5, 0.6) is 0 Å². The van der Waals surface area contributed by atoms with Crippen molar-refractivity contribution in [3.05, 3.63) is 34.3 Å². The van der Waals surface area contributed by atoms with Crippen molar-refractivity contribution in [2.24, 2.45) is 0 Å². The summed E-state index contributed by atoms with van der Waals surface area (Å²) in [6, 6.07) is 5.75. The second-order valence-corrected chi connectivity index (χ2v) is 5.83.